The molecule has 0 radical (unpaired) electrons. The monoisotopic (exact) mass is 250 g/mol. The van der Waals surface area contributed by atoms with E-state index < -0.39 is 7.15 Å². The van der Waals surface area contributed by atoms with Crippen molar-refractivity contribution in [2.45, 2.75) is 5.66 Å². The summed E-state index contributed by atoms with van der Waals surface area (Å²) in [5, 5.41) is 0. The molecule has 2 aromatic rings. The molecule has 0 aliphatic rings. The first-order chi connectivity index (χ1) is 7.79. The normalized spacial score (nSPS) is 12.6. The van der Waals surface area contributed by atoms with Crippen LogP contribution >= 0.6 is 18.4 Å². The lowest BCUT2D eigenvalue weighted by atomic mass is 10.0. The van der Waals surface area contributed by atoms with Gasteiger partial charge < -0.3 is 4.57 Å². The number of rotatable bonds is 3. The van der Waals surface area contributed by atoms with Crippen LogP contribution in [0, 0.1) is 0 Å². The van der Waals surface area contributed by atoms with Crippen LogP contribution in [0.5, 0.6) is 0 Å². The van der Waals surface area contributed by atoms with Gasteiger partial charge in [-0.2, -0.15) is 0 Å². The molecule has 3 heteroatoms. The first-order valence-electron chi connectivity index (χ1n) is 5.08. The molecule has 1 unspecified atom stereocenters. The Morgan fingerprint density at radius 1 is 0.812 bits per heavy atom. The summed E-state index contributed by atoms with van der Waals surface area (Å²) in [6.45, 7) is 0. The summed E-state index contributed by atoms with van der Waals surface area (Å²) in [6.07, 6.45) is 0. The predicted molar refractivity (Wildman–Crippen MR) is 69.6 cm³/mol. The van der Waals surface area contributed by atoms with Crippen molar-refractivity contribution in [3.63, 3.8) is 0 Å². The van der Waals surface area contributed by atoms with E-state index in [1.54, 1.807) is 0 Å². The molecule has 16 heavy (non-hydrogen) atoms. The van der Waals surface area contributed by atoms with Gasteiger partial charge in [0.2, 0.25) is 0 Å². The minimum atomic E-state index is -2.16. The molecule has 82 valence electrons. The molecule has 0 aliphatic heterocycles. The van der Waals surface area contributed by atoms with Crippen LogP contribution in [-0.2, 0) is 4.57 Å². The summed E-state index contributed by atoms with van der Waals surface area (Å²) in [7, 11) is -2.16. The second-order valence-corrected chi connectivity index (χ2v) is 5.86. The van der Waals surface area contributed by atoms with Crippen molar-refractivity contribution in [3.8, 4) is 0 Å². The van der Waals surface area contributed by atoms with Crippen LogP contribution in [-0.4, -0.2) is 0 Å². The van der Waals surface area contributed by atoms with Crippen molar-refractivity contribution in [1.82, 2.24) is 0 Å². The maximum atomic E-state index is 11.7. The van der Waals surface area contributed by atoms with Gasteiger partial charge in [0.05, 0.1) is 5.66 Å². The lowest BCUT2D eigenvalue weighted by Crippen LogP contribution is -1.94. The molecule has 0 N–H and O–H groups in total. The molecule has 0 aromatic heterocycles. The smallest absolute Gasteiger partial charge is 0.169 e. The van der Waals surface area contributed by atoms with Crippen LogP contribution in [0.2, 0.25) is 0 Å². The Hall–Kier alpha value is -1.04. The third kappa shape index (κ3) is 2.55. The average Bonchev–Trinajstić information content (AvgIpc) is 2.31. The van der Waals surface area contributed by atoms with Crippen molar-refractivity contribution < 1.29 is 4.57 Å². The molecule has 2 rings (SSSR count). The Bertz CT molecular complexity index is 430. The van der Waals surface area contributed by atoms with Crippen LogP contribution < -0.4 is 0 Å². The number of hydrogen-bond donors (Lipinski definition) is 0. The predicted octanol–water partition coefficient (Wildman–Crippen LogP) is 4.49. The highest BCUT2D eigenvalue weighted by molar-refractivity contribution is 7.74. The second kappa shape index (κ2) is 5.34. The molecule has 0 fully saturated rings. The van der Waals surface area contributed by atoms with Gasteiger partial charge in [-0.15, -0.1) is 0 Å². The van der Waals surface area contributed by atoms with E-state index in [0.29, 0.717) is 0 Å². The van der Waals surface area contributed by atoms with E-state index in [1.807, 2.05) is 60.7 Å². The molecule has 2 aromatic carbocycles. The van der Waals surface area contributed by atoms with E-state index in [9.17, 15) is 4.57 Å². The van der Waals surface area contributed by atoms with Crippen molar-refractivity contribution in [2.75, 3.05) is 0 Å². The van der Waals surface area contributed by atoms with Gasteiger partial charge in [0.25, 0.3) is 0 Å². The van der Waals surface area contributed by atoms with E-state index in [-0.39, 0.29) is 5.66 Å². The van der Waals surface area contributed by atoms with E-state index in [2.05, 4.69) is 0 Å². The SMILES string of the molecule is O=[PH](Cl)C(c1ccccc1)c1ccccc1. The molecule has 0 spiro atoms. The molecule has 0 bridgehead atoms. The minimum Gasteiger partial charge on any atom is -0.309 e. The molecule has 1 atom stereocenters. The Labute approximate surface area is 101 Å². The van der Waals surface area contributed by atoms with Gasteiger partial charge in [0.1, 0.15) is 0 Å². The third-order valence-corrected chi connectivity index (χ3v) is 4.27. The van der Waals surface area contributed by atoms with Crippen molar-refractivity contribution in [3.05, 3.63) is 71.8 Å². The van der Waals surface area contributed by atoms with Gasteiger partial charge in [-0.3, -0.25) is 0 Å². The maximum absolute atomic E-state index is 11.7. The standard InChI is InChI=1S/C13H12ClOP/c14-16(15)13(11-7-3-1-4-8-11)12-9-5-2-6-10-12/h1-10,13,16H. The zero-order valence-corrected chi connectivity index (χ0v) is 10.4. The molecule has 0 aliphatic carbocycles. The van der Waals surface area contributed by atoms with E-state index in [0.717, 1.165) is 11.1 Å². The molecule has 0 amide bonds. The quantitative estimate of drug-likeness (QED) is 0.734. The maximum Gasteiger partial charge on any atom is 0.169 e. The van der Waals surface area contributed by atoms with E-state index >= 15 is 0 Å². The average molecular weight is 251 g/mol. The summed E-state index contributed by atoms with van der Waals surface area (Å²) < 4.78 is 11.7. The fourth-order valence-electron chi connectivity index (χ4n) is 1.75. The topological polar surface area (TPSA) is 17.1 Å². The van der Waals surface area contributed by atoms with Gasteiger partial charge in [0, 0.05) is 0 Å². The third-order valence-electron chi connectivity index (χ3n) is 2.49. The first-order valence-corrected chi connectivity index (χ1v) is 7.58. The summed E-state index contributed by atoms with van der Waals surface area (Å²) in [4.78, 5) is 0. The lowest BCUT2D eigenvalue weighted by Gasteiger charge is -2.14. The summed E-state index contributed by atoms with van der Waals surface area (Å²) >= 11 is 5.86. The fourth-order valence-corrected chi connectivity index (χ4v) is 3.41. The molecular weight excluding hydrogens is 239 g/mol. The fraction of sp³-hybridized carbons (Fsp3) is 0.0769. The van der Waals surface area contributed by atoms with Crippen molar-refractivity contribution in [2.24, 2.45) is 0 Å². The Morgan fingerprint density at radius 2 is 1.19 bits per heavy atom. The highest BCUT2D eigenvalue weighted by atomic mass is 35.7. The Balaban J connectivity index is 2.44. The second-order valence-electron chi connectivity index (χ2n) is 3.56. The van der Waals surface area contributed by atoms with Gasteiger partial charge in [0.15, 0.2) is 7.15 Å². The molecular formula is C13H12ClOP. The molecule has 0 saturated carbocycles. The molecule has 0 saturated heterocycles. The van der Waals surface area contributed by atoms with Crippen molar-refractivity contribution >= 4 is 18.4 Å². The summed E-state index contributed by atoms with van der Waals surface area (Å²) in [5.74, 6) is 0. The van der Waals surface area contributed by atoms with Crippen LogP contribution in [0.4, 0.5) is 0 Å². The zero-order chi connectivity index (χ0) is 11.4. The van der Waals surface area contributed by atoms with Crippen LogP contribution in [0.25, 0.3) is 0 Å². The van der Waals surface area contributed by atoms with Crippen LogP contribution in [0.15, 0.2) is 60.7 Å². The Morgan fingerprint density at radius 3 is 1.50 bits per heavy atom. The highest BCUT2D eigenvalue weighted by Gasteiger charge is 2.18. The largest absolute Gasteiger partial charge is 0.309 e. The zero-order valence-electron chi connectivity index (χ0n) is 8.64. The summed E-state index contributed by atoms with van der Waals surface area (Å²) in [5.41, 5.74) is 1.83. The van der Waals surface area contributed by atoms with Gasteiger partial charge in [-0.1, -0.05) is 71.9 Å². The van der Waals surface area contributed by atoms with E-state index in [4.69, 9.17) is 11.2 Å². The first kappa shape index (κ1) is 11.4. The number of benzene rings is 2. The van der Waals surface area contributed by atoms with Gasteiger partial charge in [-0.25, -0.2) is 0 Å². The van der Waals surface area contributed by atoms with E-state index in [1.165, 1.54) is 0 Å². The van der Waals surface area contributed by atoms with Gasteiger partial charge in [-0.05, 0) is 11.1 Å². The van der Waals surface area contributed by atoms with Gasteiger partial charge >= 0.3 is 0 Å². The van der Waals surface area contributed by atoms with Crippen LogP contribution in [0.3, 0.4) is 0 Å². The highest BCUT2D eigenvalue weighted by Crippen LogP contribution is 2.49. The Kier molecular flexibility index (Phi) is 3.82. The minimum absolute atomic E-state index is 0.186. The lowest BCUT2D eigenvalue weighted by molar-refractivity contribution is 0.592. The molecule has 0 heterocycles. The van der Waals surface area contributed by atoms with Crippen molar-refractivity contribution in [1.29, 1.82) is 0 Å². The summed E-state index contributed by atoms with van der Waals surface area (Å²) in [6, 6.07) is 19.5. The number of halogens is 1. The van der Waals surface area contributed by atoms with Crippen LogP contribution in [0.1, 0.15) is 16.8 Å². The molecule has 1 nitrogen and oxygen atoms in total. The number of hydrogen-bond acceptors (Lipinski definition) is 1.